The molecule has 0 aliphatic rings. The predicted molar refractivity (Wildman–Crippen MR) is 132 cm³/mol. The lowest BCUT2D eigenvalue weighted by Crippen LogP contribution is -2.57. The fourth-order valence-electron chi connectivity index (χ4n) is 3.59. The highest BCUT2D eigenvalue weighted by Crippen LogP contribution is 2.19. The highest BCUT2D eigenvalue weighted by molar-refractivity contribution is 5.96. The van der Waals surface area contributed by atoms with Gasteiger partial charge in [0.15, 0.2) is 0 Å². The molecule has 0 bridgehead atoms. The Morgan fingerprint density at radius 1 is 0.972 bits per heavy atom. The van der Waals surface area contributed by atoms with E-state index in [1.54, 1.807) is 13.1 Å². The number of aromatic amines is 1. The fourth-order valence-corrected chi connectivity index (χ4v) is 3.59. The smallest absolute Gasteiger partial charge is 0.326 e. The second-order valence-corrected chi connectivity index (χ2v) is 8.84. The lowest BCUT2D eigenvalue weighted by atomic mass is 9.99. The van der Waals surface area contributed by atoms with Gasteiger partial charge < -0.3 is 37.5 Å². The Morgan fingerprint density at radius 3 is 2.22 bits per heavy atom. The van der Waals surface area contributed by atoms with Crippen LogP contribution in [0.2, 0.25) is 0 Å². The van der Waals surface area contributed by atoms with Crippen molar-refractivity contribution in [2.45, 2.75) is 64.2 Å². The minimum Gasteiger partial charge on any atom is -0.480 e. The highest BCUT2D eigenvalue weighted by Gasteiger charge is 2.30. The number of carboxylic acids is 1. The molecule has 0 saturated heterocycles. The first-order valence-electron chi connectivity index (χ1n) is 11.7. The second kappa shape index (κ2) is 12.7. The minimum atomic E-state index is -1.44. The number of carbonyl (C=O) groups excluding carboxylic acids is 4. The number of carbonyl (C=O) groups is 5. The van der Waals surface area contributed by atoms with E-state index >= 15 is 0 Å². The lowest BCUT2D eigenvalue weighted by Gasteiger charge is -2.24. The number of aliphatic carboxylic acids is 1. The summed E-state index contributed by atoms with van der Waals surface area (Å²) < 4.78 is 0. The van der Waals surface area contributed by atoms with E-state index in [2.05, 4.69) is 20.9 Å². The Bertz CT molecular complexity index is 1120. The Kier molecular flexibility index (Phi) is 9.97. The Hall–Kier alpha value is -3.93. The largest absolute Gasteiger partial charge is 0.480 e. The van der Waals surface area contributed by atoms with Crippen LogP contribution in [0.5, 0.6) is 0 Å². The number of carboxylic acid groups (broad SMARTS) is 1. The maximum Gasteiger partial charge on any atom is 0.326 e. The number of rotatable bonds is 13. The van der Waals surface area contributed by atoms with Crippen LogP contribution in [-0.2, 0) is 30.4 Å². The second-order valence-electron chi connectivity index (χ2n) is 8.84. The zero-order chi connectivity index (χ0) is 27.0. The van der Waals surface area contributed by atoms with E-state index in [4.69, 9.17) is 11.5 Å². The molecule has 0 spiro atoms. The van der Waals surface area contributed by atoms with E-state index in [0.29, 0.717) is 12.0 Å². The van der Waals surface area contributed by atoms with Gasteiger partial charge in [-0.1, -0.05) is 38.5 Å². The molecule has 0 saturated carbocycles. The molecule has 196 valence electrons. The quantitative estimate of drug-likeness (QED) is 0.191. The molecule has 12 nitrogen and oxygen atoms in total. The minimum absolute atomic E-state index is 0.0394. The van der Waals surface area contributed by atoms with Crippen LogP contribution in [0.15, 0.2) is 30.5 Å². The molecule has 12 heteroatoms. The standard InChI is InChI=1S/C24H34N6O6/c1-4-12(2)20(26)23(34)28-13(3)21(32)29-17(10-19(25)31)22(33)30-18(24(35)36)9-14-11-27-16-8-6-5-7-15(14)16/h5-8,11-13,17-18,20,27H,4,9-10,26H2,1-3H3,(H2,25,31)(H,28,34)(H,29,32)(H,30,33)(H,35,36). The summed E-state index contributed by atoms with van der Waals surface area (Å²) in [6.45, 7) is 5.08. The first kappa shape index (κ1) is 28.3. The molecule has 36 heavy (non-hydrogen) atoms. The van der Waals surface area contributed by atoms with Gasteiger partial charge in [-0.05, 0) is 24.5 Å². The molecule has 0 radical (unpaired) electrons. The molecular formula is C24H34N6O6. The number of aromatic nitrogens is 1. The third kappa shape index (κ3) is 7.54. The molecule has 1 aromatic carbocycles. The maximum absolute atomic E-state index is 12.9. The third-order valence-corrected chi connectivity index (χ3v) is 6.06. The summed E-state index contributed by atoms with van der Waals surface area (Å²) in [7, 11) is 0. The number of amides is 4. The molecule has 0 fully saturated rings. The average molecular weight is 503 g/mol. The number of nitrogens with one attached hydrogen (secondary N) is 4. The molecule has 5 unspecified atom stereocenters. The molecule has 1 heterocycles. The van der Waals surface area contributed by atoms with Gasteiger partial charge >= 0.3 is 5.97 Å². The van der Waals surface area contributed by atoms with E-state index in [1.807, 2.05) is 31.2 Å². The summed E-state index contributed by atoms with van der Waals surface area (Å²) in [6.07, 6.45) is 1.72. The summed E-state index contributed by atoms with van der Waals surface area (Å²) in [5, 5.41) is 17.7. The van der Waals surface area contributed by atoms with Crippen molar-refractivity contribution in [3.05, 3.63) is 36.0 Å². The number of benzene rings is 1. The van der Waals surface area contributed by atoms with Crippen LogP contribution in [0.25, 0.3) is 10.9 Å². The Balaban J connectivity index is 2.09. The molecule has 0 aliphatic carbocycles. The van der Waals surface area contributed by atoms with Gasteiger partial charge in [-0.3, -0.25) is 19.2 Å². The van der Waals surface area contributed by atoms with Crippen molar-refractivity contribution in [1.82, 2.24) is 20.9 Å². The highest BCUT2D eigenvalue weighted by atomic mass is 16.4. The van der Waals surface area contributed by atoms with Gasteiger partial charge in [0.2, 0.25) is 23.6 Å². The number of H-pyrrole nitrogens is 1. The maximum atomic E-state index is 12.9. The zero-order valence-corrected chi connectivity index (χ0v) is 20.5. The normalized spacial score (nSPS) is 15.2. The monoisotopic (exact) mass is 502 g/mol. The fraction of sp³-hybridized carbons (Fsp3) is 0.458. The van der Waals surface area contributed by atoms with Gasteiger partial charge in [0.05, 0.1) is 12.5 Å². The third-order valence-electron chi connectivity index (χ3n) is 6.06. The summed E-state index contributed by atoms with van der Waals surface area (Å²) in [5.41, 5.74) is 12.6. The van der Waals surface area contributed by atoms with Crippen molar-refractivity contribution in [1.29, 1.82) is 0 Å². The van der Waals surface area contributed by atoms with E-state index in [9.17, 15) is 29.1 Å². The van der Waals surface area contributed by atoms with Crippen LogP contribution in [0.1, 0.15) is 39.2 Å². The molecule has 1 aromatic heterocycles. The predicted octanol–water partition coefficient (Wildman–Crippen LogP) is -0.482. The SMILES string of the molecule is CCC(C)C(N)C(=O)NC(C)C(=O)NC(CC(N)=O)C(=O)NC(Cc1c[nH]c2ccccc12)C(=O)O. The van der Waals surface area contributed by atoms with Gasteiger partial charge in [0.25, 0.3) is 0 Å². The van der Waals surface area contributed by atoms with E-state index in [1.165, 1.54) is 6.92 Å². The van der Waals surface area contributed by atoms with E-state index < -0.39 is 60.2 Å². The van der Waals surface area contributed by atoms with Gasteiger partial charge in [0.1, 0.15) is 18.1 Å². The lowest BCUT2D eigenvalue weighted by molar-refractivity contribution is -0.142. The summed E-state index contributed by atoms with van der Waals surface area (Å²) in [6, 6.07) is 2.62. The number of hydrogen-bond donors (Lipinski definition) is 7. The topological polar surface area (TPSA) is 209 Å². The Morgan fingerprint density at radius 2 is 1.61 bits per heavy atom. The molecule has 2 aromatic rings. The number of primary amides is 1. The van der Waals surface area contributed by atoms with Crippen molar-refractivity contribution in [3.63, 3.8) is 0 Å². The van der Waals surface area contributed by atoms with Crippen LogP contribution < -0.4 is 27.4 Å². The Labute approximate surface area is 208 Å². The molecular weight excluding hydrogens is 468 g/mol. The zero-order valence-electron chi connectivity index (χ0n) is 20.5. The van der Waals surface area contributed by atoms with Gasteiger partial charge in [-0.15, -0.1) is 0 Å². The molecule has 4 amide bonds. The molecule has 5 atom stereocenters. The number of nitrogens with two attached hydrogens (primary N) is 2. The molecule has 2 rings (SSSR count). The van der Waals surface area contributed by atoms with Gasteiger partial charge in [-0.25, -0.2) is 4.79 Å². The van der Waals surface area contributed by atoms with Crippen LogP contribution in [0.4, 0.5) is 0 Å². The number of fused-ring (bicyclic) bond motifs is 1. The molecule has 9 N–H and O–H groups in total. The van der Waals surface area contributed by atoms with E-state index in [-0.39, 0.29) is 12.3 Å². The van der Waals surface area contributed by atoms with Crippen LogP contribution in [-0.4, -0.2) is 63.9 Å². The van der Waals surface area contributed by atoms with Crippen LogP contribution in [0.3, 0.4) is 0 Å². The van der Waals surface area contributed by atoms with Crippen LogP contribution in [0, 0.1) is 5.92 Å². The van der Waals surface area contributed by atoms with Crippen molar-refractivity contribution in [3.8, 4) is 0 Å². The first-order chi connectivity index (χ1) is 16.9. The van der Waals surface area contributed by atoms with E-state index in [0.717, 1.165) is 10.9 Å². The van der Waals surface area contributed by atoms with Gasteiger partial charge in [-0.2, -0.15) is 0 Å². The van der Waals surface area contributed by atoms with Crippen molar-refractivity contribution in [2.75, 3.05) is 0 Å². The first-order valence-corrected chi connectivity index (χ1v) is 11.7. The van der Waals surface area contributed by atoms with Crippen molar-refractivity contribution in [2.24, 2.45) is 17.4 Å². The summed E-state index contributed by atoms with van der Waals surface area (Å²) >= 11 is 0. The average Bonchev–Trinajstić information content (AvgIpc) is 3.24. The summed E-state index contributed by atoms with van der Waals surface area (Å²) in [4.78, 5) is 64.3. The molecule has 0 aliphatic heterocycles. The number of para-hydroxylation sites is 1. The van der Waals surface area contributed by atoms with Crippen molar-refractivity contribution < 1.29 is 29.1 Å². The van der Waals surface area contributed by atoms with Crippen LogP contribution >= 0.6 is 0 Å². The van der Waals surface area contributed by atoms with Gasteiger partial charge in [0, 0.05) is 23.5 Å². The number of hydrogen-bond acceptors (Lipinski definition) is 6. The van der Waals surface area contributed by atoms with Crippen molar-refractivity contribution >= 4 is 40.5 Å². The summed E-state index contributed by atoms with van der Waals surface area (Å²) in [5.74, 6) is -4.48.